The molecule has 0 saturated carbocycles. The van der Waals surface area contributed by atoms with Crippen LogP contribution in [-0.2, 0) is 4.79 Å². The molecule has 0 fully saturated rings. The first kappa shape index (κ1) is 16.6. The van der Waals surface area contributed by atoms with E-state index < -0.39 is 0 Å². The number of nitrogens with two attached hydrogens (primary N) is 1. The van der Waals surface area contributed by atoms with E-state index in [1.54, 1.807) is 24.3 Å². The zero-order valence-electron chi connectivity index (χ0n) is 11.9. The van der Waals surface area contributed by atoms with Gasteiger partial charge in [-0.2, -0.15) is 0 Å². The highest BCUT2D eigenvalue weighted by Crippen LogP contribution is 2.23. The third kappa shape index (κ3) is 4.60. The summed E-state index contributed by atoms with van der Waals surface area (Å²) in [6, 6.07) is 14.2. The molecule has 0 spiro atoms. The maximum Gasteiger partial charge on any atom is 0.287 e. The molecule has 0 bridgehead atoms. The summed E-state index contributed by atoms with van der Waals surface area (Å²) >= 11 is 11.9. The fourth-order valence-corrected chi connectivity index (χ4v) is 2.66. The quantitative estimate of drug-likeness (QED) is 0.780. The number of amides is 1. The number of anilines is 1. The summed E-state index contributed by atoms with van der Waals surface area (Å²) < 4.78 is 0. The standard InChI is InChI=1S/C17H16Cl2N2O/c1-2-8-20-16(12-6-4-3-5-7-12)17(22)21-15-10-13(18)9-14(19)11-15/h2-7,9-11,16,20H,1,8H2,(H,21,22)/p+1/t16-/m0/s1. The zero-order chi connectivity index (χ0) is 15.9. The first-order valence-corrected chi connectivity index (χ1v) is 7.62. The van der Waals surface area contributed by atoms with E-state index in [0.717, 1.165) is 5.56 Å². The number of rotatable bonds is 6. The van der Waals surface area contributed by atoms with Crippen LogP contribution in [0, 0.1) is 0 Å². The molecule has 1 amide bonds. The molecule has 0 aliphatic carbocycles. The van der Waals surface area contributed by atoms with E-state index in [2.05, 4.69) is 11.9 Å². The summed E-state index contributed by atoms with van der Waals surface area (Å²) in [6.45, 7) is 4.34. The fourth-order valence-electron chi connectivity index (χ4n) is 2.13. The van der Waals surface area contributed by atoms with Gasteiger partial charge < -0.3 is 10.6 Å². The lowest BCUT2D eigenvalue weighted by Gasteiger charge is -2.15. The Balaban J connectivity index is 2.20. The van der Waals surface area contributed by atoms with E-state index in [4.69, 9.17) is 23.2 Å². The van der Waals surface area contributed by atoms with Crippen molar-refractivity contribution in [2.75, 3.05) is 11.9 Å². The first-order chi connectivity index (χ1) is 10.6. The van der Waals surface area contributed by atoms with Gasteiger partial charge in [0.2, 0.25) is 0 Å². The van der Waals surface area contributed by atoms with E-state index in [0.29, 0.717) is 22.3 Å². The smallest absolute Gasteiger partial charge is 0.287 e. The average molecular weight is 336 g/mol. The lowest BCUT2D eigenvalue weighted by molar-refractivity contribution is -0.674. The van der Waals surface area contributed by atoms with Crippen LogP contribution in [0.1, 0.15) is 11.6 Å². The molecule has 5 heteroatoms. The molecular formula is C17H17Cl2N2O+. The van der Waals surface area contributed by atoms with Gasteiger partial charge in [-0.3, -0.25) is 4.79 Å². The van der Waals surface area contributed by atoms with Crippen LogP contribution in [0.25, 0.3) is 0 Å². The Bertz CT molecular complexity index is 639. The van der Waals surface area contributed by atoms with Crippen molar-refractivity contribution >= 4 is 34.8 Å². The van der Waals surface area contributed by atoms with Crippen molar-refractivity contribution in [3.63, 3.8) is 0 Å². The van der Waals surface area contributed by atoms with E-state index in [1.165, 1.54) is 0 Å². The lowest BCUT2D eigenvalue weighted by Crippen LogP contribution is -2.87. The third-order valence-corrected chi connectivity index (χ3v) is 3.55. The van der Waals surface area contributed by atoms with Crippen molar-refractivity contribution in [2.24, 2.45) is 0 Å². The van der Waals surface area contributed by atoms with Gasteiger partial charge in [0.25, 0.3) is 5.91 Å². The van der Waals surface area contributed by atoms with E-state index in [9.17, 15) is 4.79 Å². The second kappa shape index (κ2) is 7.99. The van der Waals surface area contributed by atoms with Crippen LogP contribution in [0.5, 0.6) is 0 Å². The summed E-state index contributed by atoms with van der Waals surface area (Å²) in [5.41, 5.74) is 1.51. The second-order valence-corrected chi connectivity index (χ2v) is 5.67. The summed E-state index contributed by atoms with van der Waals surface area (Å²) in [5, 5.41) is 5.74. The molecule has 0 aromatic heterocycles. The summed E-state index contributed by atoms with van der Waals surface area (Å²) in [6.07, 6.45) is 1.76. The molecular weight excluding hydrogens is 319 g/mol. The molecule has 0 aliphatic heterocycles. The molecule has 0 saturated heterocycles. The highest BCUT2D eigenvalue weighted by atomic mass is 35.5. The lowest BCUT2D eigenvalue weighted by atomic mass is 10.1. The van der Waals surface area contributed by atoms with Crippen LogP contribution < -0.4 is 10.6 Å². The topological polar surface area (TPSA) is 45.7 Å². The molecule has 0 heterocycles. The number of halogens is 2. The number of hydrogen-bond donors (Lipinski definition) is 2. The SMILES string of the molecule is C=CC[NH2+][C@H](C(=O)Nc1cc(Cl)cc(Cl)c1)c1ccccc1. The largest absolute Gasteiger partial charge is 0.329 e. The molecule has 0 unspecified atom stereocenters. The Morgan fingerprint density at radius 1 is 1.18 bits per heavy atom. The van der Waals surface area contributed by atoms with Crippen molar-refractivity contribution in [2.45, 2.75) is 6.04 Å². The highest BCUT2D eigenvalue weighted by molar-refractivity contribution is 6.35. The molecule has 114 valence electrons. The van der Waals surface area contributed by atoms with Gasteiger partial charge in [0.15, 0.2) is 6.04 Å². The number of carbonyl (C=O) groups is 1. The van der Waals surface area contributed by atoms with Crippen LogP contribution in [0.2, 0.25) is 10.0 Å². The summed E-state index contributed by atoms with van der Waals surface area (Å²) in [5.74, 6) is -0.133. The van der Waals surface area contributed by atoms with Gasteiger partial charge in [0.05, 0.1) is 6.54 Å². The Hall–Kier alpha value is -1.81. The van der Waals surface area contributed by atoms with Gasteiger partial charge in [-0.1, -0.05) is 60.1 Å². The molecule has 0 aliphatic rings. The molecule has 3 nitrogen and oxygen atoms in total. The second-order valence-electron chi connectivity index (χ2n) is 4.80. The predicted molar refractivity (Wildman–Crippen MR) is 91.3 cm³/mol. The Labute approximate surface area is 139 Å². The van der Waals surface area contributed by atoms with Gasteiger partial charge in [0.1, 0.15) is 0 Å². The predicted octanol–water partition coefficient (Wildman–Crippen LogP) is 3.42. The Morgan fingerprint density at radius 2 is 1.82 bits per heavy atom. The molecule has 1 atom stereocenters. The fraction of sp³-hybridized carbons (Fsp3) is 0.118. The molecule has 0 radical (unpaired) electrons. The molecule has 3 N–H and O–H groups in total. The minimum absolute atomic E-state index is 0.133. The normalized spacial score (nSPS) is 11.7. The molecule has 2 aromatic carbocycles. The van der Waals surface area contributed by atoms with Crippen LogP contribution in [-0.4, -0.2) is 12.5 Å². The van der Waals surface area contributed by atoms with Crippen molar-refractivity contribution < 1.29 is 10.1 Å². The van der Waals surface area contributed by atoms with Crippen molar-refractivity contribution in [1.29, 1.82) is 0 Å². The Morgan fingerprint density at radius 3 is 2.41 bits per heavy atom. The number of nitrogens with one attached hydrogen (secondary N) is 1. The summed E-state index contributed by atoms with van der Waals surface area (Å²) in [4.78, 5) is 12.6. The van der Waals surface area contributed by atoms with Crippen molar-refractivity contribution in [3.05, 3.63) is 76.8 Å². The monoisotopic (exact) mass is 335 g/mol. The van der Waals surface area contributed by atoms with Crippen LogP contribution in [0.4, 0.5) is 5.69 Å². The van der Waals surface area contributed by atoms with Crippen molar-refractivity contribution in [1.82, 2.24) is 0 Å². The molecule has 22 heavy (non-hydrogen) atoms. The van der Waals surface area contributed by atoms with Gasteiger partial charge in [-0.25, -0.2) is 0 Å². The highest BCUT2D eigenvalue weighted by Gasteiger charge is 2.23. The third-order valence-electron chi connectivity index (χ3n) is 3.11. The number of quaternary nitrogens is 1. The van der Waals surface area contributed by atoms with Gasteiger partial charge in [0, 0.05) is 21.3 Å². The van der Waals surface area contributed by atoms with Crippen LogP contribution >= 0.6 is 23.2 Å². The molecule has 2 rings (SSSR count). The van der Waals surface area contributed by atoms with E-state index in [1.807, 2.05) is 35.6 Å². The van der Waals surface area contributed by atoms with Crippen molar-refractivity contribution in [3.8, 4) is 0 Å². The van der Waals surface area contributed by atoms with Gasteiger partial charge in [-0.05, 0) is 24.3 Å². The maximum atomic E-state index is 12.6. The number of benzene rings is 2. The first-order valence-electron chi connectivity index (χ1n) is 6.86. The maximum absolute atomic E-state index is 12.6. The minimum Gasteiger partial charge on any atom is -0.329 e. The number of carbonyl (C=O) groups excluding carboxylic acids is 1. The summed E-state index contributed by atoms with van der Waals surface area (Å²) in [7, 11) is 0. The molecule has 2 aromatic rings. The zero-order valence-corrected chi connectivity index (χ0v) is 13.4. The Kier molecular flexibility index (Phi) is 6.01. The van der Waals surface area contributed by atoms with Gasteiger partial charge in [-0.15, -0.1) is 0 Å². The minimum atomic E-state index is -0.364. The van der Waals surface area contributed by atoms with Gasteiger partial charge >= 0.3 is 0 Å². The average Bonchev–Trinajstić information content (AvgIpc) is 2.47. The van der Waals surface area contributed by atoms with Crippen LogP contribution in [0.15, 0.2) is 61.2 Å². The van der Waals surface area contributed by atoms with E-state index >= 15 is 0 Å². The number of hydrogen-bond acceptors (Lipinski definition) is 1. The van der Waals surface area contributed by atoms with E-state index in [-0.39, 0.29) is 11.9 Å². The van der Waals surface area contributed by atoms with Crippen LogP contribution in [0.3, 0.4) is 0 Å².